The quantitative estimate of drug-likeness (QED) is 0.286. The van der Waals surface area contributed by atoms with Gasteiger partial charge in [0.05, 0.1) is 17.7 Å². The Hall–Kier alpha value is -3.34. The number of hydrogen-bond donors (Lipinski definition) is 1. The van der Waals surface area contributed by atoms with Gasteiger partial charge in [0.1, 0.15) is 24.2 Å². The normalized spacial score (nSPS) is 12.1. The first-order chi connectivity index (χ1) is 19.3. The molecule has 0 spiro atoms. The summed E-state index contributed by atoms with van der Waals surface area (Å²) in [5, 5.41) is 3.49. The molecule has 0 aliphatic rings. The Morgan fingerprint density at radius 1 is 0.976 bits per heavy atom. The summed E-state index contributed by atoms with van der Waals surface area (Å²) in [6.45, 7) is 5.05. The van der Waals surface area contributed by atoms with Crippen LogP contribution >= 0.6 is 23.2 Å². The molecule has 3 aromatic rings. The van der Waals surface area contributed by atoms with Gasteiger partial charge in [-0.25, -0.2) is 12.8 Å². The number of anilines is 1. The van der Waals surface area contributed by atoms with Crippen LogP contribution in [0, 0.1) is 11.7 Å². The van der Waals surface area contributed by atoms with Crippen LogP contribution in [0.3, 0.4) is 0 Å². The molecule has 0 saturated heterocycles. The Morgan fingerprint density at radius 3 is 2.17 bits per heavy atom. The first kappa shape index (κ1) is 32.2. The van der Waals surface area contributed by atoms with Gasteiger partial charge in [-0.1, -0.05) is 43.1 Å². The fourth-order valence-corrected chi connectivity index (χ4v) is 5.76. The molecular formula is C29H32Cl2FN3O5S. The van der Waals surface area contributed by atoms with Gasteiger partial charge in [-0.05, 0) is 79.1 Å². The fraction of sp³-hybridized carbons (Fsp3) is 0.310. The molecule has 0 aliphatic carbocycles. The number of sulfonamides is 1. The first-order valence-corrected chi connectivity index (χ1v) is 15.0. The van der Waals surface area contributed by atoms with Crippen LogP contribution in [-0.4, -0.2) is 51.4 Å². The fourth-order valence-electron chi connectivity index (χ4n) is 3.88. The Labute approximate surface area is 250 Å². The molecule has 2 amide bonds. The lowest BCUT2D eigenvalue weighted by Gasteiger charge is -2.32. The average Bonchev–Trinajstić information content (AvgIpc) is 2.94. The van der Waals surface area contributed by atoms with Crippen LogP contribution in [0.15, 0.2) is 71.6 Å². The third-order valence-corrected chi connectivity index (χ3v) is 8.62. The zero-order chi connectivity index (χ0) is 30.3. The number of carbonyl (C=O) groups is 2. The van der Waals surface area contributed by atoms with Crippen molar-refractivity contribution in [1.29, 1.82) is 0 Å². The number of nitrogens with one attached hydrogen (secondary N) is 1. The van der Waals surface area contributed by atoms with Crippen LogP contribution in [0.2, 0.25) is 10.0 Å². The van der Waals surface area contributed by atoms with Gasteiger partial charge in [0.25, 0.3) is 10.0 Å². The van der Waals surface area contributed by atoms with Crippen molar-refractivity contribution in [1.82, 2.24) is 10.2 Å². The minimum absolute atomic E-state index is 0.0666. The van der Waals surface area contributed by atoms with Crippen molar-refractivity contribution < 1.29 is 27.1 Å². The zero-order valence-corrected chi connectivity index (χ0v) is 25.4. The summed E-state index contributed by atoms with van der Waals surface area (Å²) >= 11 is 12.4. The van der Waals surface area contributed by atoms with E-state index in [-0.39, 0.29) is 28.1 Å². The molecule has 0 heterocycles. The van der Waals surface area contributed by atoms with E-state index in [0.717, 1.165) is 16.4 Å². The molecule has 0 radical (unpaired) electrons. The Morgan fingerprint density at radius 2 is 1.61 bits per heavy atom. The predicted molar refractivity (Wildman–Crippen MR) is 158 cm³/mol. The molecule has 3 rings (SSSR count). The lowest BCUT2D eigenvalue weighted by atomic mass is 10.1. The van der Waals surface area contributed by atoms with Crippen LogP contribution in [0.1, 0.15) is 26.3 Å². The SMILES string of the molecule is COc1ccc(S(=O)(=O)N(CC(=O)N(Cc2ccc(Cl)cc2Cl)[C@H](C)C(=O)NCC(C)C)c2ccc(F)cc2)cc1. The van der Waals surface area contributed by atoms with E-state index in [4.69, 9.17) is 27.9 Å². The molecule has 1 atom stereocenters. The average molecular weight is 625 g/mol. The molecule has 12 heteroatoms. The number of rotatable bonds is 12. The van der Waals surface area contributed by atoms with Crippen molar-refractivity contribution in [3.8, 4) is 5.75 Å². The van der Waals surface area contributed by atoms with Crippen molar-refractivity contribution in [2.75, 3.05) is 24.5 Å². The summed E-state index contributed by atoms with van der Waals surface area (Å²) in [6, 6.07) is 14.2. The minimum atomic E-state index is -4.31. The highest BCUT2D eigenvalue weighted by Gasteiger charge is 2.33. The zero-order valence-electron chi connectivity index (χ0n) is 23.1. The van der Waals surface area contributed by atoms with E-state index in [2.05, 4.69) is 5.32 Å². The summed E-state index contributed by atoms with van der Waals surface area (Å²) in [5.74, 6) is -1.05. The molecule has 41 heavy (non-hydrogen) atoms. The number of ether oxygens (including phenoxy) is 1. The molecule has 3 aromatic carbocycles. The second-order valence-corrected chi connectivity index (χ2v) is 12.4. The van der Waals surface area contributed by atoms with Crippen molar-refractivity contribution >= 4 is 50.7 Å². The van der Waals surface area contributed by atoms with Crippen molar-refractivity contribution in [3.63, 3.8) is 0 Å². The Bertz CT molecular complexity index is 1470. The predicted octanol–water partition coefficient (Wildman–Crippen LogP) is 5.53. The van der Waals surface area contributed by atoms with E-state index in [1.54, 1.807) is 19.1 Å². The summed E-state index contributed by atoms with van der Waals surface area (Å²) in [5.41, 5.74) is 0.580. The van der Waals surface area contributed by atoms with Crippen LogP contribution in [0.25, 0.3) is 0 Å². The van der Waals surface area contributed by atoms with E-state index in [0.29, 0.717) is 22.9 Å². The molecule has 8 nitrogen and oxygen atoms in total. The third kappa shape index (κ3) is 8.34. The number of amides is 2. The topological polar surface area (TPSA) is 96.0 Å². The first-order valence-electron chi connectivity index (χ1n) is 12.8. The summed E-state index contributed by atoms with van der Waals surface area (Å²) < 4.78 is 47.4. The highest BCUT2D eigenvalue weighted by atomic mass is 35.5. The maximum Gasteiger partial charge on any atom is 0.264 e. The Kier molecular flexibility index (Phi) is 11.0. The molecule has 1 N–H and O–H groups in total. The number of carbonyl (C=O) groups excluding carboxylic acids is 2. The summed E-state index contributed by atoms with van der Waals surface area (Å²) in [6.07, 6.45) is 0. The second-order valence-electron chi connectivity index (χ2n) is 9.74. The van der Waals surface area contributed by atoms with Crippen LogP contribution in [0.5, 0.6) is 5.75 Å². The van der Waals surface area contributed by atoms with Crippen LogP contribution < -0.4 is 14.4 Å². The third-order valence-electron chi connectivity index (χ3n) is 6.25. The molecule has 0 fully saturated rings. The van der Waals surface area contributed by atoms with Crippen molar-refractivity contribution in [2.45, 2.75) is 38.3 Å². The number of benzene rings is 3. The van der Waals surface area contributed by atoms with E-state index in [1.165, 1.54) is 54.5 Å². The molecule has 0 unspecified atom stereocenters. The maximum absolute atomic E-state index is 13.9. The number of hydrogen-bond acceptors (Lipinski definition) is 5. The molecular weight excluding hydrogens is 592 g/mol. The number of nitrogens with zero attached hydrogens (tertiary/aromatic N) is 2. The van der Waals surface area contributed by atoms with E-state index >= 15 is 0 Å². The van der Waals surface area contributed by atoms with E-state index in [1.807, 2.05) is 13.8 Å². The number of halogens is 3. The summed E-state index contributed by atoms with van der Waals surface area (Å²) in [7, 11) is -2.86. The minimum Gasteiger partial charge on any atom is -0.497 e. The van der Waals surface area contributed by atoms with Crippen LogP contribution in [-0.2, 0) is 26.2 Å². The standard InChI is InChI=1S/C29H32Cl2FN3O5S/c1-19(2)16-33-29(37)20(3)34(17-21-5-6-22(30)15-27(21)31)28(36)18-35(24-9-7-23(32)8-10-24)41(38,39)26-13-11-25(40-4)12-14-26/h5-15,19-20H,16-18H2,1-4H3,(H,33,37)/t20-/m1/s1. The van der Waals surface area contributed by atoms with Gasteiger partial charge in [0.2, 0.25) is 11.8 Å². The smallest absolute Gasteiger partial charge is 0.264 e. The lowest BCUT2D eigenvalue weighted by Crippen LogP contribution is -2.51. The largest absolute Gasteiger partial charge is 0.497 e. The highest BCUT2D eigenvalue weighted by Crippen LogP contribution is 2.27. The highest BCUT2D eigenvalue weighted by molar-refractivity contribution is 7.92. The molecule has 220 valence electrons. The maximum atomic E-state index is 13.9. The summed E-state index contributed by atoms with van der Waals surface area (Å²) in [4.78, 5) is 28.1. The monoisotopic (exact) mass is 623 g/mol. The van der Waals surface area contributed by atoms with Gasteiger partial charge in [-0.3, -0.25) is 13.9 Å². The molecule has 0 bridgehead atoms. The van der Waals surface area contributed by atoms with Crippen LogP contribution in [0.4, 0.5) is 10.1 Å². The van der Waals surface area contributed by atoms with Gasteiger partial charge in [-0.2, -0.15) is 0 Å². The van der Waals surface area contributed by atoms with Crippen molar-refractivity contribution in [2.24, 2.45) is 5.92 Å². The van der Waals surface area contributed by atoms with E-state index < -0.39 is 40.2 Å². The Balaban J connectivity index is 2.03. The van der Waals surface area contributed by atoms with Crippen molar-refractivity contribution in [3.05, 3.63) is 88.2 Å². The van der Waals surface area contributed by atoms with Gasteiger partial charge >= 0.3 is 0 Å². The molecule has 0 aliphatic heterocycles. The molecule has 0 saturated carbocycles. The second kappa shape index (κ2) is 14.0. The van der Waals surface area contributed by atoms with Gasteiger partial charge < -0.3 is 15.0 Å². The number of methoxy groups -OCH3 is 1. The van der Waals surface area contributed by atoms with Gasteiger partial charge in [-0.15, -0.1) is 0 Å². The van der Waals surface area contributed by atoms with E-state index in [9.17, 15) is 22.4 Å². The lowest BCUT2D eigenvalue weighted by molar-refractivity contribution is -0.139. The van der Waals surface area contributed by atoms with Gasteiger partial charge in [0.15, 0.2) is 0 Å². The van der Waals surface area contributed by atoms with Gasteiger partial charge in [0, 0.05) is 23.1 Å². The molecule has 0 aromatic heterocycles.